The molecule has 2 unspecified atom stereocenters. The van der Waals surface area contributed by atoms with E-state index >= 15 is 0 Å². The summed E-state index contributed by atoms with van der Waals surface area (Å²) in [5.74, 6) is 0.257. The Morgan fingerprint density at radius 3 is 2.63 bits per heavy atom. The molecule has 0 spiro atoms. The molecule has 4 rings (SSSR count). The molecule has 0 aliphatic carbocycles. The van der Waals surface area contributed by atoms with E-state index in [0.29, 0.717) is 12.3 Å². The number of hydrogen-bond donors (Lipinski definition) is 1. The fourth-order valence-corrected chi connectivity index (χ4v) is 4.04. The number of benzene rings is 2. The number of amides is 1. The highest BCUT2D eigenvalue weighted by Crippen LogP contribution is 2.31. The lowest BCUT2D eigenvalue weighted by molar-refractivity contribution is -0.0672. The first-order valence-corrected chi connectivity index (χ1v) is 9.60. The number of fused-ring (bicyclic) bond motifs is 3. The lowest BCUT2D eigenvalue weighted by Crippen LogP contribution is -2.47. The second-order valence-electron chi connectivity index (χ2n) is 7.49. The predicted molar refractivity (Wildman–Crippen MR) is 107 cm³/mol. The molecule has 2 atom stereocenters. The number of nitrogens with one attached hydrogen (secondary N) is 1. The van der Waals surface area contributed by atoms with Crippen LogP contribution in [0, 0.1) is 6.92 Å². The maximum absolute atomic E-state index is 12.7. The molecule has 0 saturated carbocycles. The minimum Gasteiger partial charge on any atom is -0.450 e. The second kappa shape index (κ2) is 7.33. The molecular formula is C22H26N2O3. The van der Waals surface area contributed by atoms with Crippen molar-refractivity contribution in [3.05, 3.63) is 47.7 Å². The molecule has 1 fully saturated rings. The van der Waals surface area contributed by atoms with Gasteiger partial charge < -0.3 is 14.5 Å². The summed E-state index contributed by atoms with van der Waals surface area (Å²) < 4.78 is 11.8. The molecule has 5 nitrogen and oxygen atoms in total. The number of furan rings is 1. The highest BCUT2D eigenvalue weighted by atomic mass is 16.5. The number of ether oxygens (including phenoxy) is 1. The maximum Gasteiger partial charge on any atom is 0.287 e. The van der Waals surface area contributed by atoms with Gasteiger partial charge in [-0.25, -0.2) is 0 Å². The number of nitrogens with zero attached hydrogens (tertiary/aromatic N) is 1. The van der Waals surface area contributed by atoms with E-state index in [1.54, 1.807) is 0 Å². The molecule has 0 bridgehead atoms. The van der Waals surface area contributed by atoms with E-state index < -0.39 is 0 Å². The zero-order chi connectivity index (χ0) is 19.0. The zero-order valence-corrected chi connectivity index (χ0v) is 16.1. The van der Waals surface area contributed by atoms with E-state index in [2.05, 4.69) is 36.2 Å². The fraction of sp³-hybridized carbons (Fsp3) is 0.409. The monoisotopic (exact) mass is 366 g/mol. The van der Waals surface area contributed by atoms with Gasteiger partial charge >= 0.3 is 0 Å². The summed E-state index contributed by atoms with van der Waals surface area (Å²) in [6.45, 7) is 9.32. The van der Waals surface area contributed by atoms with Crippen LogP contribution in [0.15, 0.2) is 40.8 Å². The van der Waals surface area contributed by atoms with Gasteiger partial charge in [0.25, 0.3) is 5.91 Å². The molecule has 1 aliphatic heterocycles. The molecule has 2 heterocycles. The Bertz CT molecular complexity index is 968. The van der Waals surface area contributed by atoms with E-state index in [1.165, 1.54) is 0 Å². The van der Waals surface area contributed by atoms with Crippen molar-refractivity contribution in [1.82, 2.24) is 10.2 Å². The van der Waals surface area contributed by atoms with Crippen LogP contribution >= 0.6 is 0 Å². The van der Waals surface area contributed by atoms with Crippen molar-refractivity contribution in [2.45, 2.75) is 33.0 Å². The zero-order valence-electron chi connectivity index (χ0n) is 16.1. The third-order valence-electron chi connectivity index (χ3n) is 5.24. The Morgan fingerprint density at radius 2 is 1.85 bits per heavy atom. The predicted octanol–water partition coefficient (Wildman–Crippen LogP) is 3.73. The normalized spacial score (nSPS) is 21.0. The van der Waals surface area contributed by atoms with Crippen molar-refractivity contribution in [3.8, 4) is 0 Å². The summed E-state index contributed by atoms with van der Waals surface area (Å²) in [6, 6.07) is 12.2. The molecule has 1 aromatic heterocycles. The van der Waals surface area contributed by atoms with Gasteiger partial charge in [-0.05, 0) is 26.2 Å². The van der Waals surface area contributed by atoms with Gasteiger partial charge in [0.05, 0.1) is 12.2 Å². The topological polar surface area (TPSA) is 54.7 Å². The Morgan fingerprint density at radius 1 is 1.11 bits per heavy atom. The maximum atomic E-state index is 12.7. The summed E-state index contributed by atoms with van der Waals surface area (Å²) >= 11 is 0. The average Bonchev–Trinajstić information content (AvgIpc) is 2.98. The van der Waals surface area contributed by atoms with Crippen LogP contribution < -0.4 is 5.32 Å². The number of carbonyl (C=O) groups excluding carboxylic acids is 1. The number of hydrogen-bond acceptors (Lipinski definition) is 4. The van der Waals surface area contributed by atoms with Gasteiger partial charge in [-0.3, -0.25) is 9.69 Å². The first kappa shape index (κ1) is 18.0. The molecule has 3 aromatic rings. The van der Waals surface area contributed by atoms with Gasteiger partial charge in [-0.1, -0.05) is 36.4 Å². The van der Waals surface area contributed by atoms with E-state index in [1.807, 2.05) is 31.2 Å². The number of morpholine rings is 1. The number of rotatable bonds is 4. The molecule has 5 heteroatoms. The van der Waals surface area contributed by atoms with Gasteiger partial charge in [0, 0.05) is 42.5 Å². The fourth-order valence-electron chi connectivity index (χ4n) is 4.04. The number of carbonyl (C=O) groups is 1. The van der Waals surface area contributed by atoms with Crippen molar-refractivity contribution in [2.24, 2.45) is 0 Å². The van der Waals surface area contributed by atoms with Crippen molar-refractivity contribution >= 4 is 27.6 Å². The highest BCUT2D eigenvalue weighted by molar-refractivity contribution is 6.08. The lowest BCUT2D eigenvalue weighted by atomic mass is 10.1. The van der Waals surface area contributed by atoms with Gasteiger partial charge in [-0.15, -0.1) is 0 Å². The Kier molecular flexibility index (Phi) is 4.89. The van der Waals surface area contributed by atoms with E-state index in [9.17, 15) is 4.79 Å². The molecule has 142 valence electrons. The first-order valence-electron chi connectivity index (χ1n) is 9.60. The van der Waals surface area contributed by atoms with Crippen LogP contribution in [0.5, 0.6) is 0 Å². The summed E-state index contributed by atoms with van der Waals surface area (Å²) in [4.78, 5) is 15.0. The first-order chi connectivity index (χ1) is 13.0. The van der Waals surface area contributed by atoms with E-state index in [-0.39, 0.29) is 18.1 Å². The van der Waals surface area contributed by atoms with Crippen molar-refractivity contribution in [1.29, 1.82) is 0 Å². The largest absolute Gasteiger partial charge is 0.450 e. The summed E-state index contributed by atoms with van der Waals surface area (Å²) in [6.07, 6.45) is 0.464. The Balaban J connectivity index is 1.48. The average molecular weight is 366 g/mol. The minimum absolute atomic E-state index is 0.151. The summed E-state index contributed by atoms with van der Waals surface area (Å²) in [5.41, 5.74) is 1.67. The van der Waals surface area contributed by atoms with Gasteiger partial charge in [0.1, 0.15) is 5.58 Å². The van der Waals surface area contributed by atoms with Crippen molar-refractivity contribution in [2.75, 3.05) is 26.2 Å². The minimum atomic E-state index is -0.151. The van der Waals surface area contributed by atoms with E-state index in [4.69, 9.17) is 9.15 Å². The standard InChI is InChI=1S/C22H26N2O3/c1-14-12-24(13-15(2)26-14)11-10-23-22(25)20-16(3)18-9-8-17-6-4-5-7-19(17)21(18)27-20/h4-9,14-15H,10-13H2,1-3H3,(H,23,25). The summed E-state index contributed by atoms with van der Waals surface area (Å²) in [7, 11) is 0. The molecule has 0 radical (unpaired) electrons. The SMILES string of the molecule is Cc1c(C(=O)NCCN2CC(C)OC(C)C2)oc2c1ccc1ccccc12. The third-order valence-corrected chi connectivity index (χ3v) is 5.24. The Hall–Kier alpha value is -2.37. The van der Waals surface area contributed by atoms with Crippen LogP contribution in [0.2, 0.25) is 0 Å². The van der Waals surface area contributed by atoms with E-state index in [0.717, 1.165) is 46.9 Å². The van der Waals surface area contributed by atoms with Crippen LogP contribution in [0.4, 0.5) is 0 Å². The molecule has 1 amide bonds. The van der Waals surface area contributed by atoms with Crippen LogP contribution in [0.3, 0.4) is 0 Å². The molecule has 1 aliphatic rings. The van der Waals surface area contributed by atoms with Crippen LogP contribution in [-0.4, -0.2) is 49.2 Å². The molecule has 27 heavy (non-hydrogen) atoms. The molecule has 1 N–H and O–H groups in total. The smallest absolute Gasteiger partial charge is 0.287 e. The lowest BCUT2D eigenvalue weighted by Gasteiger charge is -2.35. The quantitative estimate of drug-likeness (QED) is 0.764. The van der Waals surface area contributed by atoms with Crippen molar-refractivity contribution in [3.63, 3.8) is 0 Å². The van der Waals surface area contributed by atoms with Crippen LogP contribution in [0.1, 0.15) is 30.0 Å². The Labute approximate surface area is 159 Å². The molecular weight excluding hydrogens is 340 g/mol. The van der Waals surface area contributed by atoms with Gasteiger partial charge in [-0.2, -0.15) is 0 Å². The second-order valence-corrected chi connectivity index (χ2v) is 7.49. The number of aryl methyl sites for hydroxylation is 1. The van der Waals surface area contributed by atoms with Crippen molar-refractivity contribution < 1.29 is 13.9 Å². The summed E-state index contributed by atoms with van der Waals surface area (Å²) in [5, 5.41) is 6.15. The van der Waals surface area contributed by atoms with Crippen LogP contribution in [-0.2, 0) is 4.74 Å². The highest BCUT2D eigenvalue weighted by Gasteiger charge is 2.23. The van der Waals surface area contributed by atoms with Crippen LogP contribution in [0.25, 0.3) is 21.7 Å². The van der Waals surface area contributed by atoms with Gasteiger partial charge in [0.2, 0.25) is 0 Å². The third kappa shape index (κ3) is 3.57. The van der Waals surface area contributed by atoms with Gasteiger partial charge in [0.15, 0.2) is 5.76 Å². The molecule has 2 aromatic carbocycles. The molecule has 1 saturated heterocycles.